The SMILES string of the molecule is CCCCN1CCC[C@@H]1CO. The van der Waals surface area contributed by atoms with Crippen LogP contribution in [-0.4, -0.2) is 35.7 Å². The van der Waals surface area contributed by atoms with Gasteiger partial charge in [0.15, 0.2) is 0 Å². The Labute approximate surface area is 69.2 Å². The van der Waals surface area contributed by atoms with Crippen LogP contribution in [0, 0.1) is 0 Å². The van der Waals surface area contributed by atoms with Gasteiger partial charge in [0.2, 0.25) is 0 Å². The first-order chi connectivity index (χ1) is 5.38. The summed E-state index contributed by atoms with van der Waals surface area (Å²) >= 11 is 0. The molecule has 0 bridgehead atoms. The zero-order valence-electron chi connectivity index (χ0n) is 7.42. The van der Waals surface area contributed by atoms with Crippen LogP contribution < -0.4 is 0 Å². The van der Waals surface area contributed by atoms with Crippen molar-refractivity contribution < 1.29 is 5.11 Å². The van der Waals surface area contributed by atoms with E-state index in [4.69, 9.17) is 5.11 Å². The highest BCUT2D eigenvalue weighted by Gasteiger charge is 2.22. The number of aliphatic hydroxyl groups excluding tert-OH is 1. The van der Waals surface area contributed by atoms with Gasteiger partial charge in [-0.15, -0.1) is 0 Å². The molecule has 1 atom stereocenters. The standard InChI is InChI=1S/C9H19NO/c1-2-3-6-10-7-4-5-9(10)8-11/h9,11H,2-8H2,1H3/t9-/m1/s1. The summed E-state index contributed by atoms with van der Waals surface area (Å²) in [4.78, 5) is 2.42. The summed E-state index contributed by atoms with van der Waals surface area (Å²) in [7, 11) is 0. The third kappa shape index (κ3) is 2.46. The Kier molecular flexibility index (Phi) is 3.87. The van der Waals surface area contributed by atoms with E-state index >= 15 is 0 Å². The number of nitrogens with zero attached hydrogens (tertiary/aromatic N) is 1. The summed E-state index contributed by atoms with van der Waals surface area (Å²) in [6, 6.07) is 0.474. The Morgan fingerprint density at radius 3 is 3.00 bits per heavy atom. The molecule has 66 valence electrons. The topological polar surface area (TPSA) is 23.5 Å². The molecule has 0 aliphatic carbocycles. The molecule has 1 aliphatic heterocycles. The number of aliphatic hydroxyl groups is 1. The maximum absolute atomic E-state index is 8.99. The molecule has 0 spiro atoms. The lowest BCUT2D eigenvalue weighted by Crippen LogP contribution is -2.32. The van der Waals surface area contributed by atoms with Crippen LogP contribution in [0.2, 0.25) is 0 Å². The monoisotopic (exact) mass is 157 g/mol. The van der Waals surface area contributed by atoms with Crippen molar-refractivity contribution in [2.75, 3.05) is 19.7 Å². The van der Waals surface area contributed by atoms with Crippen LogP contribution in [0.5, 0.6) is 0 Å². The molecule has 1 rings (SSSR count). The predicted molar refractivity (Wildman–Crippen MR) is 46.6 cm³/mol. The van der Waals surface area contributed by atoms with Crippen molar-refractivity contribution in [2.24, 2.45) is 0 Å². The Balaban J connectivity index is 2.20. The van der Waals surface area contributed by atoms with Crippen LogP contribution in [0.25, 0.3) is 0 Å². The Morgan fingerprint density at radius 1 is 1.55 bits per heavy atom. The first kappa shape index (κ1) is 9.01. The van der Waals surface area contributed by atoms with Crippen molar-refractivity contribution in [2.45, 2.75) is 38.6 Å². The summed E-state index contributed by atoms with van der Waals surface area (Å²) < 4.78 is 0. The predicted octanol–water partition coefficient (Wildman–Crippen LogP) is 1.24. The molecule has 1 aliphatic rings. The Bertz CT molecular complexity index is 106. The molecule has 0 amide bonds. The summed E-state index contributed by atoms with van der Waals surface area (Å²) in [5.41, 5.74) is 0. The molecule has 11 heavy (non-hydrogen) atoms. The van der Waals surface area contributed by atoms with Crippen LogP contribution in [0.4, 0.5) is 0 Å². The average Bonchev–Trinajstić information content (AvgIpc) is 2.47. The summed E-state index contributed by atoms with van der Waals surface area (Å²) in [6.45, 7) is 4.95. The molecule has 0 radical (unpaired) electrons. The Hall–Kier alpha value is -0.0800. The van der Waals surface area contributed by atoms with E-state index in [0.717, 1.165) is 0 Å². The van der Waals surface area contributed by atoms with E-state index in [-0.39, 0.29) is 0 Å². The Morgan fingerprint density at radius 2 is 2.36 bits per heavy atom. The smallest absolute Gasteiger partial charge is 0.0586 e. The zero-order chi connectivity index (χ0) is 8.10. The lowest BCUT2D eigenvalue weighted by molar-refractivity contribution is 0.157. The minimum absolute atomic E-state index is 0.351. The molecule has 1 saturated heterocycles. The number of hydrogen-bond donors (Lipinski definition) is 1. The molecular weight excluding hydrogens is 138 g/mol. The van der Waals surface area contributed by atoms with E-state index < -0.39 is 0 Å². The lowest BCUT2D eigenvalue weighted by atomic mass is 10.2. The van der Waals surface area contributed by atoms with Gasteiger partial charge in [0, 0.05) is 6.04 Å². The molecule has 1 heterocycles. The molecule has 1 N–H and O–H groups in total. The summed E-state index contributed by atoms with van der Waals surface area (Å²) in [5, 5.41) is 8.99. The van der Waals surface area contributed by atoms with Gasteiger partial charge < -0.3 is 5.11 Å². The molecule has 0 aromatic carbocycles. The molecule has 2 nitrogen and oxygen atoms in total. The van der Waals surface area contributed by atoms with Crippen LogP contribution in [0.15, 0.2) is 0 Å². The maximum Gasteiger partial charge on any atom is 0.0586 e. The van der Waals surface area contributed by atoms with E-state index in [9.17, 15) is 0 Å². The minimum Gasteiger partial charge on any atom is -0.395 e. The number of likely N-dealkylation sites (tertiary alicyclic amines) is 1. The highest BCUT2D eigenvalue weighted by molar-refractivity contribution is 4.77. The van der Waals surface area contributed by atoms with Crippen molar-refractivity contribution in [3.8, 4) is 0 Å². The molecule has 1 fully saturated rings. The van der Waals surface area contributed by atoms with Crippen LogP contribution >= 0.6 is 0 Å². The molecule has 0 aromatic rings. The van der Waals surface area contributed by atoms with Crippen molar-refractivity contribution in [3.05, 3.63) is 0 Å². The van der Waals surface area contributed by atoms with Gasteiger partial charge in [-0.05, 0) is 32.4 Å². The van der Waals surface area contributed by atoms with Gasteiger partial charge in [-0.1, -0.05) is 13.3 Å². The third-order valence-electron chi connectivity index (χ3n) is 2.51. The van der Waals surface area contributed by atoms with E-state index in [1.165, 1.54) is 38.8 Å². The summed E-state index contributed by atoms with van der Waals surface area (Å²) in [6.07, 6.45) is 5.00. The van der Waals surface area contributed by atoms with Crippen LogP contribution in [-0.2, 0) is 0 Å². The second kappa shape index (κ2) is 4.73. The van der Waals surface area contributed by atoms with Gasteiger partial charge in [0.1, 0.15) is 0 Å². The summed E-state index contributed by atoms with van der Waals surface area (Å²) in [5.74, 6) is 0. The van der Waals surface area contributed by atoms with Gasteiger partial charge in [-0.3, -0.25) is 4.90 Å². The van der Waals surface area contributed by atoms with Crippen molar-refractivity contribution in [1.82, 2.24) is 4.90 Å². The highest BCUT2D eigenvalue weighted by atomic mass is 16.3. The fraction of sp³-hybridized carbons (Fsp3) is 1.00. The van der Waals surface area contributed by atoms with Gasteiger partial charge in [-0.2, -0.15) is 0 Å². The van der Waals surface area contributed by atoms with Crippen molar-refractivity contribution in [1.29, 1.82) is 0 Å². The quantitative estimate of drug-likeness (QED) is 0.663. The average molecular weight is 157 g/mol. The molecule has 0 saturated carbocycles. The fourth-order valence-electron chi connectivity index (χ4n) is 1.76. The second-order valence-corrected chi connectivity index (χ2v) is 3.37. The normalized spacial score (nSPS) is 26.2. The largest absolute Gasteiger partial charge is 0.395 e. The third-order valence-corrected chi connectivity index (χ3v) is 2.51. The minimum atomic E-state index is 0.351. The van der Waals surface area contributed by atoms with E-state index in [1.54, 1.807) is 0 Å². The van der Waals surface area contributed by atoms with Crippen molar-refractivity contribution >= 4 is 0 Å². The van der Waals surface area contributed by atoms with Gasteiger partial charge >= 0.3 is 0 Å². The first-order valence-corrected chi connectivity index (χ1v) is 4.73. The molecular formula is C9H19NO. The lowest BCUT2D eigenvalue weighted by Gasteiger charge is -2.21. The zero-order valence-corrected chi connectivity index (χ0v) is 7.42. The molecule has 2 heteroatoms. The van der Waals surface area contributed by atoms with Gasteiger partial charge in [0.25, 0.3) is 0 Å². The molecule has 0 unspecified atom stereocenters. The number of rotatable bonds is 4. The van der Waals surface area contributed by atoms with Crippen LogP contribution in [0.3, 0.4) is 0 Å². The van der Waals surface area contributed by atoms with E-state index in [1.807, 2.05) is 0 Å². The second-order valence-electron chi connectivity index (χ2n) is 3.37. The van der Waals surface area contributed by atoms with Crippen molar-refractivity contribution in [3.63, 3.8) is 0 Å². The fourth-order valence-corrected chi connectivity index (χ4v) is 1.76. The van der Waals surface area contributed by atoms with E-state index in [0.29, 0.717) is 12.6 Å². The highest BCUT2D eigenvalue weighted by Crippen LogP contribution is 2.16. The van der Waals surface area contributed by atoms with Gasteiger partial charge in [-0.25, -0.2) is 0 Å². The van der Waals surface area contributed by atoms with E-state index in [2.05, 4.69) is 11.8 Å². The maximum atomic E-state index is 8.99. The van der Waals surface area contributed by atoms with Gasteiger partial charge in [0.05, 0.1) is 6.61 Å². The first-order valence-electron chi connectivity index (χ1n) is 4.73. The van der Waals surface area contributed by atoms with Crippen LogP contribution in [0.1, 0.15) is 32.6 Å². The molecule has 0 aromatic heterocycles. The number of unbranched alkanes of at least 4 members (excludes halogenated alkanes) is 1. The number of hydrogen-bond acceptors (Lipinski definition) is 2.